The highest BCUT2D eigenvalue weighted by Crippen LogP contribution is 2.53. The Balaban J connectivity index is 1.88. The summed E-state index contributed by atoms with van der Waals surface area (Å²) in [6.07, 6.45) is 0.492. The Kier molecular flexibility index (Phi) is 3.85. The van der Waals surface area contributed by atoms with Crippen molar-refractivity contribution in [2.45, 2.75) is 44.3 Å². The number of hydrogen-bond acceptors (Lipinski definition) is 5. The summed E-state index contributed by atoms with van der Waals surface area (Å²) in [7, 11) is 0. The normalized spacial score (nSPS) is 32.6. The second-order valence-corrected chi connectivity index (χ2v) is 7.54. The smallest absolute Gasteiger partial charge is 0.250 e. The highest BCUT2D eigenvalue weighted by Gasteiger charge is 2.70. The Labute approximate surface area is 156 Å². The molecular formula is C19H22N4O4. The van der Waals surface area contributed by atoms with Gasteiger partial charge in [0.25, 0.3) is 0 Å². The summed E-state index contributed by atoms with van der Waals surface area (Å²) in [5.41, 5.74) is 5.25. The standard InChI is InChI=1S/C19H22N4O4/c1-3-9(2)23-16(25)14-12(8-13(20)24)22-19(15(14)17(23)26)10-6-4-5-7-11(10)21-18(19)27/h4-7,9,12,14-15,22H,3,8H2,1-2H3,(H2,20,24)(H,21,27)/t9-,12-,14-,15+,19-/m1/s1. The van der Waals surface area contributed by atoms with E-state index >= 15 is 0 Å². The van der Waals surface area contributed by atoms with Gasteiger partial charge in [-0.15, -0.1) is 0 Å². The maximum atomic E-state index is 13.3. The fraction of sp³-hybridized carbons (Fsp3) is 0.474. The lowest BCUT2D eigenvalue weighted by atomic mass is 9.76. The third kappa shape index (κ3) is 2.19. The van der Waals surface area contributed by atoms with Gasteiger partial charge in [0.15, 0.2) is 0 Å². The molecule has 4 N–H and O–H groups in total. The van der Waals surface area contributed by atoms with E-state index in [1.54, 1.807) is 24.3 Å². The van der Waals surface area contributed by atoms with Crippen molar-refractivity contribution < 1.29 is 19.2 Å². The first-order valence-electron chi connectivity index (χ1n) is 9.16. The van der Waals surface area contributed by atoms with E-state index in [-0.39, 0.29) is 30.2 Å². The number of nitrogens with one attached hydrogen (secondary N) is 2. The SMILES string of the molecule is CC[C@@H](C)N1C(=O)[C@H]2[C@@H](C1=O)[C@@]1(N[C@@H]2CC(N)=O)C(=O)Nc2ccccc21. The van der Waals surface area contributed by atoms with Gasteiger partial charge in [-0.25, -0.2) is 0 Å². The number of para-hydroxylation sites is 1. The number of rotatable bonds is 4. The van der Waals surface area contributed by atoms with Crippen molar-refractivity contribution in [2.75, 3.05) is 5.32 Å². The number of carbonyl (C=O) groups excluding carboxylic acids is 4. The van der Waals surface area contributed by atoms with Crippen LogP contribution in [0.5, 0.6) is 0 Å². The van der Waals surface area contributed by atoms with Crippen molar-refractivity contribution in [1.29, 1.82) is 0 Å². The van der Waals surface area contributed by atoms with Gasteiger partial charge in [0.1, 0.15) is 5.54 Å². The van der Waals surface area contributed by atoms with E-state index in [2.05, 4.69) is 10.6 Å². The second-order valence-electron chi connectivity index (χ2n) is 7.54. The first kappa shape index (κ1) is 17.7. The van der Waals surface area contributed by atoms with E-state index in [1.165, 1.54) is 4.90 Å². The van der Waals surface area contributed by atoms with Crippen molar-refractivity contribution >= 4 is 29.3 Å². The minimum absolute atomic E-state index is 0.119. The molecular weight excluding hydrogens is 348 g/mol. The largest absolute Gasteiger partial charge is 0.370 e. The molecule has 8 nitrogen and oxygen atoms in total. The fourth-order valence-corrected chi connectivity index (χ4v) is 4.79. The topological polar surface area (TPSA) is 122 Å². The quantitative estimate of drug-likeness (QED) is 0.648. The van der Waals surface area contributed by atoms with E-state index in [0.717, 1.165) is 0 Å². The van der Waals surface area contributed by atoms with Crippen LogP contribution in [0.25, 0.3) is 0 Å². The second kappa shape index (κ2) is 5.88. The predicted molar refractivity (Wildman–Crippen MR) is 96.1 cm³/mol. The van der Waals surface area contributed by atoms with Gasteiger partial charge in [-0.3, -0.25) is 29.4 Å². The molecule has 0 radical (unpaired) electrons. The van der Waals surface area contributed by atoms with Gasteiger partial charge in [-0.1, -0.05) is 25.1 Å². The minimum atomic E-state index is -1.36. The van der Waals surface area contributed by atoms with Crippen LogP contribution in [0.1, 0.15) is 32.3 Å². The molecule has 2 saturated heterocycles. The summed E-state index contributed by atoms with van der Waals surface area (Å²) in [6.45, 7) is 3.70. The van der Waals surface area contributed by atoms with Gasteiger partial charge in [0.2, 0.25) is 23.6 Å². The molecule has 3 aliphatic heterocycles. The summed E-state index contributed by atoms with van der Waals surface area (Å²) >= 11 is 0. The first-order valence-corrected chi connectivity index (χ1v) is 9.16. The van der Waals surface area contributed by atoms with Crippen molar-refractivity contribution in [3.63, 3.8) is 0 Å². The average molecular weight is 370 g/mol. The highest BCUT2D eigenvalue weighted by atomic mass is 16.2. The monoisotopic (exact) mass is 370 g/mol. The van der Waals surface area contributed by atoms with E-state index in [9.17, 15) is 19.2 Å². The Morgan fingerprint density at radius 3 is 2.63 bits per heavy atom. The number of likely N-dealkylation sites (tertiary alicyclic amines) is 1. The number of primary amides is 1. The number of nitrogens with zero attached hydrogens (tertiary/aromatic N) is 1. The van der Waals surface area contributed by atoms with Crippen LogP contribution in [0.4, 0.5) is 5.69 Å². The summed E-state index contributed by atoms with van der Waals surface area (Å²) in [5.74, 6) is -3.37. The van der Waals surface area contributed by atoms with Gasteiger partial charge >= 0.3 is 0 Å². The lowest BCUT2D eigenvalue weighted by Crippen LogP contribution is -2.54. The van der Waals surface area contributed by atoms with Gasteiger partial charge in [0, 0.05) is 29.8 Å². The lowest BCUT2D eigenvalue weighted by molar-refractivity contribution is -0.145. The molecule has 8 heteroatoms. The molecule has 1 aromatic carbocycles. The molecule has 0 bridgehead atoms. The Morgan fingerprint density at radius 1 is 1.26 bits per heavy atom. The number of benzene rings is 1. The number of carbonyl (C=O) groups is 4. The van der Waals surface area contributed by atoms with Gasteiger partial charge in [-0.2, -0.15) is 0 Å². The third-order valence-electron chi connectivity index (χ3n) is 6.11. The maximum Gasteiger partial charge on any atom is 0.250 e. The number of imide groups is 1. The van der Waals surface area contributed by atoms with Gasteiger partial charge in [0.05, 0.1) is 11.8 Å². The number of fused-ring (bicyclic) bond motifs is 4. The van der Waals surface area contributed by atoms with E-state index in [0.29, 0.717) is 17.7 Å². The van der Waals surface area contributed by atoms with Gasteiger partial charge < -0.3 is 11.1 Å². The van der Waals surface area contributed by atoms with Crippen LogP contribution < -0.4 is 16.4 Å². The molecule has 3 heterocycles. The van der Waals surface area contributed by atoms with Crippen LogP contribution in [-0.2, 0) is 24.7 Å². The Hall–Kier alpha value is -2.74. The zero-order chi connectivity index (χ0) is 19.5. The van der Waals surface area contributed by atoms with Crippen LogP contribution in [0.15, 0.2) is 24.3 Å². The molecule has 2 fully saturated rings. The lowest BCUT2D eigenvalue weighted by Gasteiger charge is -2.30. The molecule has 0 unspecified atom stereocenters. The molecule has 27 heavy (non-hydrogen) atoms. The van der Waals surface area contributed by atoms with Crippen LogP contribution in [0.3, 0.4) is 0 Å². The van der Waals surface area contributed by atoms with E-state index in [1.807, 2.05) is 13.8 Å². The summed E-state index contributed by atoms with van der Waals surface area (Å²) in [6, 6.07) is 6.16. The zero-order valence-corrected chi connectivity index (χ0v) is 15.2. The van der Waals surface area contributed by atoms with E-state index in [4.69, 9.17) is 5.73 Å². The molecule has 0 aromatic heterocycles. The van der Waals surface area contributed by atoms with Gasteiger partial charge in [-0.05, 0) is 19.4 Å². The van der Waals surface area contributed by atoms with Crippen molar-refractivity contribution in [1.82, 2.24) is 10.2 Å². The van der Waals surface area contributed by atoms with Crippen LogP contribution in [0.2, 0.25) is 0 Å². The molecule has 3 aliphatic rings. The van der Waals surface area contributed by atoms with Crippen molar-refractivity contribution in [2.24, 2.45) is 17.6 Å². The third-order valence-corrected chi connectivity index (χ3v) is 6.11. The Bertz CT molecular complexity index is 869. The summed E-state index contributed by atoms with van der Waals surface area (Å²) < 4.78 is 0. The minimum Gasteiger partial charge on any atom is -0.370 e. The molecule has 1 aromatic rings. The fourth-order valence-electron chi connectivity index (χ4n) is 4.79. The van der Waals surface area contributed by atoms with Crippen LogP contribution in [0, 0.1) is 11.8 Å². The van der Waals surface area contributed by atoms with Crippen molar-refractivity contribution in [3.8, 4) is 0 Å². The number of anilines is 1. The summed E-state index contributed by atoms with van der Waals surface area (Å²) in [5, 5.41) is 5.97. The zero-order valence-electron chi connectivity index (χ0n) is 15.2. The molecule has 0 saturated carbocycles. The maximum absolute atomic E-state index is 13.3. The van der Waals surface area contributed by atoms with Crippen molar-refractivity contribution in [3.05, 3.63) is 29.8 Å². The molecule has 4 rings (SSSR count). The average Bonchev–Trinajstić information content (AvgIpc) is 3.19. The van der Waals surface area contributed by atoms with Crippen LogP contribution in [-0.4, -0.2) is 40.6 Å². The van der Waals surface area contributed by atoms with E-state index < -0.39 is 29.3 Å². The first-order chi connectivity index (χ1) is 12.8. The number of hydrogen-bond donors (Lipinski definition) is 3. The highest BCUT2D eigenvalue weighted by molar-refractivity contribution is 6.15. The molecule has 0 aliphatic carbocycles. The van der Waals surface area contributed by atoms with Crippen LogP contribution >= 0.6 is 0 Å². The molecule has 142 valence electrons. The molecule has 1 spiro atoms. The number of amides is 4. The predicted octanol–water partition coefficient (Wildman–Crippen LogP) is 0.0809. The molecule has 4 amide bonds. The molecule has 5 atom stereocenters. The Morgan fingerprint density at radius 2 is 1.96 bits per heavy atom. The number of nitrogens with two attached hydrogens (primary N) is 1. The summed E-state index contributed by atoms with van der Waals surface area (Å²) in [4.78, 5) is 52.4.